The van der Waals surface area contributed by atoms with Gasteiger partial charge >= 0.3 is 12.1 Å². The minimum atomic E-state index is -0.771. The van der Waals surface area contributed by atoms with E-state index in [9.17, 15) is 14.7 Å². The van der Waals surface area contributed by atoms with Crippen LogP contribution in [-0.2, 0) is 9.47 Å². The van der Waals surface area contributed by atoms with Gasteiger partial charge in [-0.3, -0.25) is 5.32 Å². The van der Waals surface area contributed by atoms with Crippen LogP contribution in [0.5, 0.6) is 5.75 Å². The number of nitrogens with zero attached hydrogens (tertiary/aromatic N) is 1. The van der Waals surface area contributed by atoms with Crippen LogP contribution in [0.25, 0.3) is 0 Å². The highest BCUT2D eigenvalue weighted by Gasteiger charge is 2.20. The maximum atomic E-state index is 11.7. The Morgan fingerprint density at radius 2 is 2.00 bits per heavy atom. The summed E-state index contributed by atoms with van der Waals surface area (Å²) in [6.45, 7) is 6.84. The molecule has 0 radical (unpaired) electrons. The molecule has 22 heavy (non-hydrogen) atoms. The summed E-state index contributed by atoms with van der Waals surface area (Å²) in [6.07, 6.45) is -0.771. The molecule has 1 aromatic carbocycles. The highest BCUT2D eigenvalue weighted by atomic mass is 16.6. The van der Waals surface area contributed by atoms with E-state index in [1.54, 1.807) is 27.7 Å². The van der Waals surface area contributed by atoms with E-state index in [1.807, 2.05) is 6.07 Å². The van der Waals surface area contributed by atoms with Crippen LogP contribution in [0.2, 0.25) is 0 Å². The number of rotatable bonds is 3. The van der Waals surface area contributed by atoms with Crippen molar-refractivity contribution in [2.24, 2.45) is 0 Å². The van der Waals surface area contributed by atoms with Gasteiger partial charge in [-0.25, -0.2) is 9.59 Å². The number of hydrogen-bond acceptors (Lipinski definition) is 6. The number of carbonyl (C=O) groups excluding carboxylic acids is 2. The molecule has 0 atom stereocenters. The lowest BCUT2D eigenvalue weighted by atomic mass is 10.1. The number of aromatic hydroxyl groups is 1. The first kappa shape index (κ1) is 17.3. The van der Waals surface area contributed by atoms with Gasteiger partial charge in [0.25, 0.3) is 0 Å². The molecule has 0 fully saturated rings. The Balaban J connectivity index is 3.08. The molecule has 118 valence electrons. The molecule has 1 rings (SSSR count). The summed E-state index contributed by atoms with van der Waals surface area (Å²) >= 11 is 0. The summed E-state index contributed by atoms with van der Waals surface area (Å²) in [6, 6.07) is 4.10. The number of benzene rings is 1. The second-order valence-corrected chi connectivity index (χ2v) is 5.37. The summed E-state index contributed by atoms with van der Waals surface area (Å²) < 4.78 is 9.84. The first-order chi connectivity index (χ1) is 10.2. The van der Waals surface area contributed by atoms with Gasteiger partial charge in [0.2, 0.25) is 0 Å². The number of hydrogen-bond donors (Lipinski definition) is 2. The van der Waals surface area contributed by atoms with E-state index in [0.717, 1.165) is 12.1 Å². The number of esters is 1. The molecule has 0 aliphatic heterocycles. The van der Waals surface area contributed by atoms with Crippen molar-refractivity contribution in [2.45, 2.75) is 33.3 Å². The number of phenolic OH excluding ortho intramolecular Hbond substituents is 1. The summed E-state index contributed by atoms with van der Waals surface area (Å²) in [5, 5.41) is 21.3. The quantitative estimate of drug-likeness (QED) is 0.831. The molecule has 0 aromatic heterocycles. The number of anilines is 1. The first-order valence-electron chi connectivity index (χ1n) is 6.62. The van der Waals surface area contributed by atoms with Crippen LogP contribution in [-0.4, -0.2) is 29.4 Å². The molecule has 0 bridgehead atoms. The molecule has 0 aliphatic rings. The van der Waals surface area contributed by atoms with Gasteiger partial charge < -0.3 is 14.6 Å². The molecule has 2 N–H and O–H groups in total. The average molecular weight is 306 g/mol. The third-order valence-electron chi connectivity index (χ3n) is 2.39. The molecular weight excluding hydrogens is 288 g/mol. The third kappa shape index (κ3) is 4.66. The Labute approximate surface area is 128 Å². The minimum Gasteiger partial charge on any atom is -0.507 e. The van der Waals surface area contributed by atoms with Gasteiger partial charge in [0.1, 0.15) is 23.0 Å². The maximum Gasteiger partial charge on any atom is 0.412 e. The lowest BCUT2D eigenvalue weighted by Crippen LogP contribution is -2.27. The predicted molar refractivity (Wildman–Crippen MR) is 78.6 cm³/mol. The van der Waals surface area contributed by atoms with Crippen LogP contribution < -0.4 is 5.32 Å². The smallest absolute Gasteiger partial charge is 0.412 e. The van der Waals surface area contributed by atoms with E-state index in [1.165, 1.54) is 0 Å². The van der Waals surface area contributed by atoms with Gasteiger partial charge in [-0.15, -0.1) is 0 Å². The summed E-state index contributed by atoms with van der Waals surface area (Å²) in [7, 11) is 0. The normalized spacial score (nSPS) is 10.5. The lowest BCUT2D eigenvalue weighted by molar-refractivity contribution is 0.0522. The third-order valence-corrected chi connectivity index (χ3v) is 2.39. The highest BCUT2D eigenvalue weighted by Crippen LogP contribution is 2.27. The molecular formula is C15H18N2O5. The van der Waals surface area contributed by atoms with Gasteiger partial charge in [-0.1, -0.05) is 0 Å². The van der Waals surface area contributed by atoms with Gasteiger partial charge in [-0.05, 0) is 33.8 Å². The predicted octanol–water partition coefficient (Wildman–Crippen LogP) is 2.79. The maximum absolute atomic E-state index is 11.7. The monoisotopic (exact) mass is 306 g/mol. The topological polar surface area (TPSA) is 109 Å². The number of amides is 1. The van der Waals surface area contributed by atoms with E-state index in [-0.39, 0.29) is 23.4 Å². The van der Waals surface area contributed by atoms with Crippen molar-refractivity contribution in [1.82, 2.24) is 0 Å². The second-order valence-electron chi connectivity index (χ2n) is 5.37. The standard InChI is InChI=1S/C15H18N2O5/c1-5-21-13(19)10-6-9(8-16)11(7-12(10)18)17-14(20)22-15(2,3)4/h6-7,18H,5H2,1-4H3,(H,17,20). The molecule has 1 aromatic rings. The van der Waals surface area contributed by atoms with Crippen LogP contribution >= 0.6 is 0 Å². The number of carbonyl (C=O) groups is 2. The molecule has 0 spiro atoms. The molecule has 0 saturated carbocycles. The summed E-state index contributed by atoms with van der Waals surface area (Å²) in [5.74, 6) is -1.15. The molecule has 0 unspecified atom stereocenters. The minimum absolute atomic E-state index is 0.00622. The SMILES string of the molecule is CCOC(=O)c1cc(C#N)c(NC(=O)OC(C)(C)C)cc1O. The van der Waals surface area contributed by atoms with Crippen molar-refractivity contribution in [3.8, 4) is 11.8 Å². The Hall–Kier alpha value is -2.75. The number of phenols is 1. The Kier molecular flexibility index (Phi) is 5.35. The zero-order chi connectivity index (χ0) is 16.9. The van der Waals surface area contributed by atoms with Crippen molar-refractivity contribution < 1.29 is 24.2 Å². The Bertz CT molecular complexity index is 626. The average Bonchev–Trinajstić information content (AvgIpc) is 2.36. The van der Waals surface area contributed by atoms with Crippen molar-refractivity contribution >= 4 is 17.7 Å². The zero-order valence-corrected chi connectivity index (χ0v) is 12.9. The van der Waals surface area contributed by atoms with E-state index >= 15 is 0 Å². The van der Waals surface area contributed by atoms with E-state index < -0.39 is 23.4 Å². The van der Waals surface area contributed by atoms with Crippen molar-refractivity contribution in [3.05, 3.63) is 23.3 Å². The van der Waals surface area contributed by atoms with E-state index in [0.29, 0.717) is 0 Å². The summed E-state index contributed by atoms with van der Waals surface area (Å²) in [5.41, 5.74) is -0.800. The molecule has 0 heterocycles. The largest absolute Gasteiger partial charge is 0.507 e. The van der Waals surface area contributed by atoms with Crippen LogP contribution in [0.1, 0.15) is 43.6 Å². The van der Waals surface area contributed by atoms with Gasteiger partial charge in [0.05, 0.1) is 17.9 Å². The van der Waals surface area contributed by atoms with Crippen LogP contribution in [0.3, 0.4) is 0 Å². The van der Waals surface area contributed by atoms with Gasteiger partial charge in [0.15, 0.2) is 0 Å². The number of nitrogens with one attached hydrogen (secondary N) is 1. The second kappa shape index (κ2) is 6.80. The summed E-state index contributed by atoms with van der Waals surface area (Å²) in [4.78, 5) is 23.4. The van der Waals surface area contributed by atoms with Gasteiger partial charge in [-0.2, -0.15) is 5.26 Å². The molecule has 7 heteroatoms. The Morgan fingerprint density at radius 3 is 2.50 bits per heavy atom. The van der Waals surface area contributed by atoms with E-state index in [4.69, 9.17) is 14.7 Å². The van der Waals surface area contributed by atoms with Crippen molar-refractivity contribution in [1.29, 1.82) is 5.26 Å². The highest BCUT2D eigenvalue weighted by molar-refractivity contribution is 5.95. The van der Waals surface area contributed by atoms with Crippen LogP contribution in [0, 0.1) is 11.3 Å². The number of nitriles is 1. The fraction of sp³-hybridized carbons (Fsp3) is 0.400. The molecule has 0 aliphatic carbocycles. The lowest BCUT2D eigenvalue weighted by Gasteiger charge is -2.20. The van der Waals surface area contributed by atoms with Gasteiger partial charge in [0, 0.05) is 6.07 Å². The van der Waals surface area contributed by atoms with Crippen LogP contribution in [0.15, 0.2) is 12.1 Å². The first-order valence-corrected chi connectivity index (χ1v) is 6.62. The Morgan fingerprint density at radius 1 is 1.36 bits per heavy atom. The molecule has 1 amide bonds. The van der Waals surface area contributed by atoms with Crippen LogP contribution in [0.4, 0.5) is 10.5 Å². The zero-order valence-electron chi connectivity index (χ0n) is 12.9. The molecule has 7 nitrogen and oxygen atoms in total. The molecule has 0 saturated heterocycles. The fourth-order valence-electron chi connectivity index (χ4n) is 1.57. The fourth-order valence-corrected chi connectivity index (χ4v) is 1.57. The number of ether oxygens (including phenoxy) is 2. The van der Waals surface area contributed by atoms with Crippen molar-refractivity contribution in [3.63, 3.8) is 0 Å². The van der Waals surface area contributed by atoms with E-state index in [2.05, 4.69) is 5.32 Å². The van der Waals surface area contributed by atoms with Crippen molar-refractivity contribution in [2.75, 3.05) is 11.9 Å².